The van der Waals surface area contributed by atoms with Crippen LogP contribution in [0.25, 0.3) is 0 Å². The molecule has 0 N–H and O–H groups in total. The van der Waals surface area contributed by atoms with Crippen LogP contribution < -0.4 is 4.80 Å². The van der Waals surface area contributed by atoms with Crippen molar-refractivity contribution in [3.05, 3.63) is 45.0 Å². The Morgan fingerprint density at radius 2 is 1.86 bits per heavy atom. The zero-order valence-corrected chi connectivity index (χ0v) is 12.6. The summed E-state index contributed by atoms with van der Waals surface area (Å²) in [6.45, 7) is 3.92. The number of hydrogen-bond acceptors (Lipinski definition) is 2. The van der Waals surface area contributed by atoms with Crippen LogP contribution in [0.3, 0.4) is 0 Å². The average molecular weight is 318 g/mol. The first-order valence-corrected chi connectivity index (χ1v) is 7.03. The molecular formula is C14H14F4N2S. The maximum absolute atomic E-state index is 13.8. The van der Waals surface area contributed by atoms with Gasteiger partial charge in [0, 0.05) is 10.6 Å². The van der Waals surface area contributed by atoms with E-state index in [0.29, 0.717) is 5.69 Å². The smallest absolute Gasteiger partial charge is 0.312 e. The minimum absolute atomic E-state index is 0.0396. The third kappa shape index (κ3) is 3.72. The Labute approximate surface area is 123 Å². The Bertz CT molecular complexity index is 726. The standard InChI is InChI=1S/C14H14F4N2S/c1-8-4-5-12(11(15)6-8)19-13-20(7-14(16,17)18)9(2)10(3)21-13/h4-6H,7H2,1-3H3. The number of benzene rings is 1. The fourth-order valence-electron chi connectivity index (χ4n) is 1.85. The molecule has 1 aromatic heterocycles. The molecule has 0 spiro atoms. The monoisotopic (exact) mass is 318 g/mol. The lowest BCUT2D eigenvalue weighted by Crippen LogP contribution is -2.26. The number of rotatable bonds is 2. The minimum Gasteiger partial charge on any atom is -0.312 e. The summed E-state index contributed by atoms with van der Waals surface area (Å²) in [6, 6.07) is 4.44. The van der Waals surface area contributed by atoms with Crippen molar-refractivity contribution >= 4 is 17.0 Å². The lowest BCUT2D eigenvalue weighted by atomic mass is 10.2. The summed E-state index contributed by atoms with van der Waals surface area (Å²) in [7, 11) is 0. The molecule has 0 saturated carbocycles. The van der Waals surface area contributed by atoms with Gasteiger partial charge >= 0.3 is 6.18 Å². The first kappa shape index (κ1) is 15.8. The first-order chi connectivity index (χ1) is 9.67. The molecule has 0 fully saturated rings. The lowest BCUT2D eigenvalue weighted by molar-refractivity contribution is -0.141. The van der Waals surface area contributed by atoms with Crippen molar-refractivity contribution in [2.24, 2.45) is 4.99 Å². The summed E-state index contributed by atoms with van der Waals surface area (Å²) >= 11 is 1.12. The molecule has 0 aliphatic carbocycles. The molecular weight excluding hydrogens is 304 g/mol. The number of nitrogens with zero attached hydrogens (tertiary/aromatic N) is 2. The van der Waals surface area contributed by atoms with Crippen LogP contribution in [0.5, 0.6) is 0 Å². The van der Waals surface area contributed by atoms with Gasteiger partial charge in [-0.2, -0.15) is 13.2 Å². The van der Waals surface area contributed by atoms with E-state index in [0.717, 1.165) is 26.3 Å². The molecule has 2 aromatic rings. The molecule has 0 aliphatic rings. The predicted molar refractivity (Wildman–Crippen MR) is 74.2 cm³/mol. The van der Waals surface area contributed by atoms with E-state index in [1.165, 1.54) is 12.1 Å². The SMILES string of the molecule is Cc1ccc(N=c2sc(C)c(C)n2CC(F)(F)F)c(F)c1. The van der Waals surface area contributed by atoms with E-state index in [2.05, 4.69) is 4.99 Å². The Morgan fingerprint density at radius 3 is 2.43 bits per heavy atom. The van der Waals surface area contributed by atoms with E-state index in [-0.39, 0.29) is 10.5 Å². The van der Waals surface area contributed by atoms with Crippen LogP contribution in [0, 0.1) is 26.6 Å². The van der Waals surface area contributed by atoms with Crippen LogP contribution in [0.15, 0.2) is 23.2 Å². The second-order valence-electron chi connectivity index (χ2n) is 4.79. The van der Waals surface area contributed by atoms with Gasteiger partial charge in [0.05, 0.1) is 0 Å². The topological polar surface area (TPSA) is 17.3 Å². The van der Waals surface area contributed by atoms with Crippen molar-refractivity contribution < 1.29 is 17.6 Å². The summed E-state index contributed by atoms with van der Waals surface area (Å²) in [5, 5.41) is 0. The van der Waals surface area contributed by atoms with Gasteiger partial charge in [-0.25, -0.2) is 9.38 Å². The molecule has 7 heteroatoms. The van der Waals surface area contributed by atoms with E-state index in [1.807, 2.05) is 0 Å². The average Bonchev–Trinajstić information content (AvgIpc) is 2.59. The van der Waals surface area contributed by atoms with Gasteiger partial charge < -0.3 is 4.57 Å². The zero-order valence-electron chi connectivity index (χ0n) is 11.8. The van der Waals surface area contributed by atoms with Crippen molar-refractivity contribution in [3.63, 3.8) is 0 Å². The highest BCUT2D eigenvalue weighted by Crippen LogP contribution is 2.22. The summed E-state index contributed by atoms with van der Waals surface area (Å²) in [6.07, 6.45) is -4.35. The maximum Gasteiger partial charge on any atom is 0.406 e. The molecule has 2 rings (SSSR count). The summed E-state index contributed by atoms with van der Waals surface area (Å²) in [5.74, 6) is -0.544. The van der Waals surface area contributed by atoms with Gasteiger partial charge in [0.2, 0.25) is 0 Å². The van der Waals surface area contributed by atoms with Crippen molar-refractivity contribution in [2.45, 2.75) is 33.5 Å². The molecule has 2 nitrogen and oxygen atoms in total. The van der Waals surface area contributed by atoms with Gasteiger partial charge in [-0.3, -0.25) is 0 Å². The fraction of sp³-hybridized carbons (Fsp3) is 0.357. The molecule has 0 bridgehead atoms. The van der Waals surface area contributed by atoms with Crippen molar-refractivity contribution in [3.8, 4) is 0 Å². The molecule has 0 amide bonds. The minimum atomic E-state index is -4.35. The Hall–Kier alpha value is -1.63. The van der Waals surface area contributed by atoms with E-state index in [1.54, 1.807) is 26.8 Å². The van der Waals surface area contributed by atoms with E-state index >= 15 is 0 Å². The molecule has 1 aromatic carbocycles. The molecule has 0 saturated heterocycles. The highest BCUT2D eigenvalue weighted by molar-refractivity contribution is 7.09. The molecule has 0 atom stereocenters. The van der Waals surface area contributed by atoms with Crippen LogP contribution in [0.4, 0.5) is 23.2 Å². The molecule has 0 aliphatic heterocycles. The molecule has 21 heavy (non-hydrogen) atoms. The largest absolute Gasteiger partial charge is 0.406 e. The highest BCUT2D eigenvalue weighted by Gasteiger charge is 2.29. The van der Waals surface area contributed by atoms with E-state index < -0.39 is 18.5 Å². The van der Waals surface area contributed by atoms with Crippen molar-refractivity contribution in [1.29, 1.82) is 0 Å². The van der Waals surface area contributed by atoms with Crippen LogP contribution in [0.2, 0.25) is 0 Å². The van der Waals surface area contributed by atoms with Gasteiger partial charge in [-0.15, -0.1) is 11.3 Å². The number of alkyl halides is 3. The molecule has 0 radical (unpaired) electrons. The Kier molecular flexibility index (Phi) is 4.22. The van der Waals surface area contributed by atoms with E-state index in [4.69, 9.17) is 0 Å². The maximum atomic E-state index is 13.8. The number of hydrogen-bond donors (Lipinski definition) is 0. The normalized spacial score (nSPS) is 13.0. The third-order valence-corrected chi connectivity index (χ3v) is 4.14. The fourth-order valence-corrected chi connectivity index (χ4v) is 2.84. The van der Waals surface area contributed by atoms with E-state index in [9.17, 15) is 17.6 Å². The van der Waals surface area contributed by atoms with Crippen molar-refractivity contribution in [1.82, 2.24) is 4.57 Å². The number of halogens is 4. The highest BCUT2D eigenvalue weighted by atomic mass is 32.1. The summed E-state index contributed by atoms with van der Waals surface area (Å²) in [4.78, 5) is 4.92. The van der Waals surface area contributed by atoms with Gasteiger partial charge in [0.1, 0.15) is 18.0 Å². The van der Waals surface area contributed by atoms with Crippen LogP contribution in [-0.2, 0) is 6.54 Å². The Morgan fingerprint density at radius 1 is 1.19 bits per heavy atom. The van der Waals surface area contributed by atoms with Crippen LogP contribution in [0.1, 0.15) is 16.1 Å². The molecule has 1 heterocycles. The quantitative estimate of drug-likeness (QED) is 0.730. The second-order valence-corrected chi connectivity index (χ2v) is 5.98. The molecule has 0 unspecified atom stereocenters. The number of aryl methyl sites for hydroxylation is 2. The van der Waals surface area contributed by atoms with Gasteiger partial charge in [0.15, 0.2) is 4.80 Å². The van der Waals surface area contributed by atoms with Crippen molar-refractivity contribution in [2.75, 3.05) is 0 Å². The number of thiazole rings is 1. The summed E-state index contributed by atoms with van der Waals surface area (Å²) < 4.78 is 52.8. The first-order valence-electron chi connectivity index (χ1n) is 6.22. The van der Waals surface area contributed by atoms with Gasteiger partial charge in [0.25, 0.3) is 0 Å². The third-order valence-electron chi connectivity index (χ3n) is 3.05. The predicted octanol–water partition coefficient (Wildman–Crippen LogP) is 4.41. The van der Waals surface area contributed by atoms with Crippen LogP contribution >= 0.6 is 11.3 Å². The molecule has 114 valence electrons. The zero-order chi connectivity index (χ0) is 15.8. The number of aromatic nitrogens is 1. The second kappa shape index (κ2) is 5.63. The lowest BCUT2D eigenvalue weighted by Gasteiger charge is -2.09. The Balaban J connectivity index is 2.58. The van der Waals surface area contributed by atoms with Gasteiger partial charge in [-0.05, 0) is 38.5 Å². The summed E-state index contributed by atoms with van der Waals surface area (Å²) in [5.41, 5.74) is 1.26. The van der Waals surface area contributed by atoms with Crippen LogP contribution in [-0.4, -0.2) is 10.7 Å². The van der Waals surface area contributed by atoms with Gasteiger partial charge in [-0.1, -0.05) is 6.07 Å².